The summed E-state index contributed by atoms with van der Waals surface area (Å²) in [6.07, 6.45) is 3.60. The number of piperidine rings is 1. The van der Waals surface area contributed by atoms with Crippen molar-refractivity contribution in [2.45, 2.75) is 45.2 Å². The molecule has 2 aromatic rings. The fourth-order valence-electron chi connectivity index (χ4n) is 4.38. The fraction of sp³-hybridized carbons (Fsp3) is 0.375. The molecule has 162 valence electrons. The summed E-state index contributed by atoms with van der Waals surface area (Å²) >= 11 is 5.99. The number of rotatable bonds is 3. The molecule has 1 atom stereocenters. The standard InChI is InChI=1S/C24H26ClN3O3/c1-16(29)26-21-10-7-18-14-22(24(31)27-11-3-2-4-12-27)28(15-19(18)13-21)23(30)17-5-8-20(25)9-6-17/h5-10,13,22H,2-4,11-12,14-15H2,1H3,(H,26,29)/t22-/m0/s1. The maximum absolute atomic E-state index is 13.4. The van der Waals surface area contributed by atoms with Crippen molar-refractivity contribution in [1.29, 1.82) is 0 Å². The third-order valence-corrected chi connectivity index (χ3v) is 6.21. The lowest BCUT2D eigenvalue weighted by Gasteiger charge is -2.39. The van der Waals surface area contributed by atoms with Gasteiger partial charge in [0.2, 0.25) is 11.8 Å². The first kappa shape index (κ1) is 21.4. The monoisotopic (exact) mass is 439 g/mol. The Balaban J connectivity index is 1.67. The van der Waals surface area contributed by atoms with Gasteiger partial charge in [0.05, 0.1) is 0 Å². The SMILES string of the molecule is CC(=O)Nc1ccc2c(c1)CN(C(=O)c1ccc(Cl)cc1)[C@H](C(=O)N1CCCCC1)C2. The predicted octanol–water partition coefficient (Wildman–Crippen LogP) is 3.88. The van der Waals surface area contributed by atoms with Crippen molar-refractivity contribution in [2.24, 2.45) is 0 Å². The molecule has 2 aliphatic heterocycles. The zero-order valence-electron chi connectivity index (χ0n) is 17.6. The molecule has 0 aromatic heterocycles. The van der Waals surface area contributed by atoms with Gasteiger partial charge in [-0.2, -0.15) is 0 Å². The van der Waals surface area contributed by atoms with Crippen molar-refractivity contribution in [3.63, 3.8) is 0 Å². The van der Waals surface area contributed by atoms with E-state index in [1.165, 1.54) is 6.92 Å². The van der Waals surface area contributed by atoms with E-state index in [-0.39, 0.29) is 17.7 Å². The average molecular weight is 440 g/mol. The molecule has 0 bridgehead atoms. The first-order valence-electron chi connectivity index (χ1n) is 10.7. The van der Waals surface area contributed by atoms with E-state index >= 15 is 0 Å². The van der Waals surface area contributed by atoms with Crippen molar-refractivity contribution >= 4 is 35.0 Å². The quantitative estimate of drug-likeness (QED) is 0.789. The van der Waals surface area contributed by atoms with Crippen LogP contribution >= 0.6 is 11.6 Å². The summed E-state index contributed by atoms with van der Waals surface area (Å²) in [4.78, 5) is 41.9. The zero-order valence-corrected chi connectivity index (χ0v) is 18.3. The lowest BCUT2D eigenvalue weighted by molar-refractivity contribution is -0.137. The number of benzene rings is 2. The molecule has 0 aliphatic carbocycles. The molecule has 2 aromatic carbocycles. The Kier molecular flexibility index (Phi) is 6.28. The number of fused-ring (bicyclic) bond motifs is 1. The molecule has 2 heterocycles. The minimum Gasteiger partial charge on any atom is -0.341 e. The molecule has 1 fully saturated rings. The van der Waals surface area contributed by atoms with Gasteiger partial charge in [0.25, 0.3) is 5.91 Å². The Hall–Kier alpha value is -2.86. The minimum absolute atomic E-state index is 0.0126. The molecule has 1 saturated heterocycles. The molecule has 7 heteroatoms. The molecule has 0 radical (unpaired) electrons. The zero-order chi connectivity index (χ0) is 22.0. The van der Waals surface area contributed by atoms with Crippen LogP contribution in [0.1, 0.15) is 47.7 Å². The van der Waals surface area contributed by atoms with E-state index in [4.69, 9.17) is 11.6 Å². The van der Waals surface area contributed by atoms with Gasteiger partial charge in [-0.15, -0.1) is 0 Å². The fourth-order valence-corrected chi connectivity index (χ4v) is 4.51. The van der Waals surface area contributed by atoms with Crippen LogP contribution < -0.4 is 5.32 Å². The lowest BCUT2D eigenvalue weighted by Crippen LogP contribution is -2.54. The van der Waals surface area contributed by atoms with Gasteiger partial charge in [0, 0.05) is 49.3 Å². The van der Waals surface area contributed by atoms with Gasteiger partial charge in [0.1, 0.15) is 6.04 Å². The molecule has 0 saturated carbocycles. The Morgan fingerprint density at radius 2 is 1.68 bits per heavy atom. The van der Waals surface area contributed by atoms with Gasteiger partial charge < -0.3 is 15.1 Å². The number of carbonyl (C=O) groups excluding carboxylic acids is 3. The van der Waals surface area contributed by atoms with Gasteiger partial charge in [0.15, 0.2) is 0 Å². The van der Waals surface area contributed by atoms with E-state index in [0.717, 1.165) is 43.5 Å². The van der Waals surface area contributed by atoms with Crippen LogP contribution in [0.3, 0.4) is 0 Å². The van der Waals surface area contributed by atoms with Gasteiger partial charge in [-0.1, -0.05) is 17.7 Å². The molecule has 2 aliphatic rings. The van der Waals surface area contributed by atoms with Crippen molar-refractivity contribution in [3.05, 3.63) is 64.2 Å². The summed E-state index contributed by atoms with van der Waals surface area (Å²) in [5.74, 6) is -0.329. The van der Waals surface area contributed by atoms with Crippen LogP contribution in [0.5, 0.6) is 0 Å². The molecular formula is C24H26ClN3O3. The number of nitrogens with zero attached hydrogens (tertiary/aromatic N) is 2. The molecule has 1 N–H and O–H groups in total. The summed E-state index contributed by atoms with van der Waals surface area (Å²) in [5.41, 5.74) is 3.16. The highest BCUT2D eigenvalue weighted by molar-refractivity contribution is 6.30. The van der Waals surface area contributed by atoms with Crippen molar-refractivity contribution in [3.8, 4) is 0 Å². The first-order valence-corrected chi connectivity index (χ1v) is 11.0. The smallest absolute Gasteiger partial charge is 0.254 e. The number of halogens is 1. The summed E-state index contributed by atoms with van der Waals surface area (Å²) in [7, 11) is 0. The maximum atomic E-state index is 13.4. The summed E-state index contributed by atoms with van der Waals surface area (Å²) in [5, 5.41) is 3.35. The third-order valence-electron chi connectivity index (χ3n) is 5.96. The second-order valence-electron chi connectivity index (χ2n) is 8.21. The van der Waals surface area contributed by atoms with Crippen LogP contribution in [-0.2, 0) is 22.6 Å². The van der Waals surface area contributed by atoms with Gasteiger partial charge in [-0.25, -0.2) is 0 Å². The summed E-state index contributed by atoms with van der Waals surface area (Å²) in [6, 6.07) is 11.9. The molecule has 4 rings (SSSR count). The number of hydrogen-bond donors (Lipinski definition) is 1. The van der Waals surface area contributed by atoms with Crippen molar-refractivity contribution in [2.75, 3.05) is 18.4 Å². The Labute approximate surface area is 187 Å². The highest BCUT2D eigenvalue weighted by atomic mass is 35.5. The number of anilines is 1. The maximum Gasteiger partial charge on any atom is 0.254 e. The lowest BCUT2D eigenvalue weighted by atomic mass is 9.91. The Morgan fingerprint density at radius 3 is 2.35 bits per heavy atom. The van der Waals surface area contributed by atoms with E-state index in [1.807, 2.05) is 23.1 Å². The van der Waals surface area contributed by atoms with E-state index < -0.39 is 6.04 Å². The van der Waals surface area contributed by atoms with Crippen LogP contribution in [0.25, 0.3) is 0 Å². The number of carbonyl (C=O) groups is 3. The second-order valence-corrected chi connectivity index (χ2v) is 8.65. The summed E-state index contributed by atoms with van der Waals surface area (Å²) < 4.78 is 0. The van der Waals surface area contributed by atoms with Crippen LogP contribution in [0.4, 0.5) is 5.69 Å². The normalized spacial score (nSPS) is 18.3. The van der Waals surface area contributed by atoms with Crippen LogP contribution in [0.2, 0.25) is 5.02 Å². The minimum atomic E-state index is -0.541. The highest BCUT2D eigenvalue weighted by Gasteiger charge is 2.37. The second kappa shape index (κ2) is 9.10. The van der Waals surface area contributed by atoms with Gasteiger partial charge >= 0.3 is 0 Å². The number of likely N-dealkylation sites (tertiary alicyclic amines) is 1. The Bertz CT molecular complexity index is 1000. The van der Waals surface area contributed by atoms with E-state index in [2.05, 4.69) is 5.32 Å². The van der Waals surface area contributed by atoms with Crippen LogP contribution in [0, 0.1) is 0 Å². The van der Waals surface area contributed by atoms with Crippen molar-refractivity contribution in [1.82, 2.24) is 9.80 Å². The predicted molar refractivity (Wildman–Crippen MR) is 120 cm³/mol. The highest BCUT2D eigenvalue weighted by Crippen LogP contribution is 2.29. The average Bonchev–Trinajstić information content (AvgIpc) is 2.78. The molecule has 0 spiro atoms. The van der Waals surface area contributed by atoms with Gasteiger partial charge in [-0.05, 0) is 66.8 Å². The molecule has 31 heavy (non-hydrogen) atoms. The molecule has 6 nitrogen and oxygen atoms in total. The third kappa shape index (κ3) is 4.74. The van der Waals surface area contributed by atoms with Crippen LogP contribution in [0.15, 0.2) is 42.5 Å². The molecular weight excluding hydrogens is 414 g/mol. The van der Waals surface area contributed by atoms with Crippen molar-refractivity contribution < 1.29 is 14.4 Å². The van der Waals surface area contributed by atoms with E-state index in [1.54, 1.807) is 29.2 Å². The van der Waals surface area contributed by atoms with E-state index in [0.29, 0.717) is 29.2 Å². The molecule has 3 amide bonds. The topological polar surface area (TPSA) is 69.7 Å². The van der Waals surface area contributed by atoms with E-state index in [9.17, 15) is 14.4 Å². The number of hydrogen-bond acceptors (Lipinski definition) is 3. The Morgan fingerprint density at radius 1 is 0.968 bits per heavy atom. The first-order chi connectivity index (χ1) is 14.9. The number of amides is 3. The largest absolute Gasteiger partial charge is 0.341 e. The van der Waals surface area contributed by atoms with Gasteiger partial charge in [-0.3, -0.25) is 14.4 Å². The number of nitrogens with one attached hydrogen (secondary N) is 1. The summed E-state index contributed by atoms with van der Waals surface area (Å²) in [6.45, 7) is 3.26. The molecule has 0 unspecified atom stereocenters. The van der Waals surface area contributed by atoms with Crippen LogP contribution in [-0.4, -0.2) is 46.7 Å².